The van der Waals surface area contributed by atoms with Crippen LogP contribution in [0.5, 0.6) is 5.75 Å². The SMILES string of the molecule is COc1ccc2nc(N(Cc3ccco3)C(=O)CN3C(=O)c4ccccc4C3=O)sc2c1. The van der Waals surface area contributed by atoms with Gasteiger partial charge in [-0.05, 0) is 42.5 Å². The van der Waals surface area contributed by atoms with Crippen molar-refractivity contribution in [1.29, 1.82) is 0 Å². The summed E-state index contributed by atoms with van der Waals surface area (Å²) < 4.78 is 11.5. The Morgan fingerprint density at radius 2 is 1.84 bits per heavy atom. The summed E-state index contributed by atoms with van der Waals surface area (Å²) in [5.74, 6) is -0.168. The quantitative estimate of drug-likeness (QED) is 0.418. The van der Waals surface area contributed by atoms with Crippen LogP contribution in [-0.2, 0) is 11.3 Å². The van der Waals surface area contributed by atoms with E-state index in [-0.39, 0.29) is 6.54 Å². The van der Waals surface area contributed by atoms with Crippen LogP contribution in [0.1, 0.15) is 26.5 Å². The molecule has 3 amide bonds. The number of carbonyl (C=O) groups excluding carboxylic acids is 3. The first-order valence-electron chi connectivity index (χ1n) is 9.77. The van der Waals surface area contributed by atoms with E-state index in [2.05, 4.69) is 4.98 Å². The Bertz CT molecular complexity index is 1310. The third-order valence-electron chi connectivity index (χ3n) is 5.18. The Morgan fingerprint density at radius 1 is 1.09 bits per heavy atom. The lowest BCUT2D eigenvalue weighted by Gasteiger charge is -2.21. The van der Waals surface area contributed by atoms with E-state index in [4.69, 9.17) is 9.15 Å². The predicted octanol–water partition coefficient (Wildman–Crippen LogP) is 3.73. The highest BCUT2D eigenvalue weighted by Gasteiger charge is 2.37. The number of hydrogen-bond donors (Lipinski definition) is 0. The first-order valence-corrected chi connectivity index (χ1v) is 10.6. The second-order valence-electron chi connectivity index (χ2n) is 7.13. The number of nitrogens with zero attached hydrogens (tertiary/aromatic N) is 3. The largest absolute Gasteiger partial charge is 0.497 e. The third-order valence-corrected chi connectivity index (χ3v) is 6.22. The van der Waals surface area contributed by atoms with Crippen LogP contribution in [0.15, 0.2) is 65.3 Å². The lowest BCUT2D eigenvalue weighted by atomic mass is 10.1. The Kier molecular flexibility index (Phi) is 4.95. The lowest BCUT2D eigenvalue weighted by molar-refractivity contribution is -0.119. The molecule has 0 atom stereocenters. The summed E-state index contributed by atoms with van der Waals surface area (Å²) in [6.07, 6.45) is 1.52. The smallest absolute Gasteiger partial charge is 0.262 e. The zero-order valence-electron chi connectivity index (χ0n) is 17.0. The number of benzene rings is 2. The number of aromatic nitrogens is 1. The van der Waals surface area contributed by atoms with Crippen molar-refractivity contribution >= 4 is 44.4 Å². The average Bonchev–Trinajstić information content (AvgIpc) is 3.53. The zero-order chi connectivity index (χ0) is 22.2. The van der Waals surface area contributed by atoms with Gasteiger partial charge in [-0.3, -0.25) is 24.2 Å². The van der Waals surface area contributed by atoms with Crippen molar-refractivity contribution in [2.75, 3.05) is 18.6 Å². The summed E-state index contributed by atoms with van der Waals surface area (Å²) in [7, 11) is 1.58. The summed E-state index contributed by atoms with van der Waals surface area (Å²) in [5.41, 5.74) is 1.31. The van der Waals surface area contributed by atoms with Crippen molar-refractivity contribution in [3.8, 4) is 5.75 Å². The van der Waals surface area contributed by atoms with E-state index in [0.717, 1.165) is 9.60 Å². The molecule has 0 bridgehead atoms. The molecule has 160 valence electrons. The van der Waals surface area contributed by atoms with Crippen LogP contribution in [-0.4, -0.2) is 41.3 Å². The third kappa shape index (κ3) is 3.42. The van der Waals surface area contributed by atoms with Crippen molar-refractivity contribution < 1.29 is 23.5 Å². The van der Waals surface area contributed by atoms with Crippen molar-refractivity contribution in [3.05, 3.63) is 77.7 Å². The average molecular weight is 447 g/mol. The molecule has 5 rings (SSSR count). The van der Waals surface area contributed by atoms with Gasteiger partial charge in [0.25, 0.3) is 11.8 Å². The highest BCUT2D eigenvalue weighted by Crippen LogP contribution is 2.33. The fourth-order valence-corrected chi connectivity index (χ4v) is 4.57. The minimum absolute atomic E-state index is 0.117. The van der Waals surface area contributed by atoms with Crippen LogP contribution in [0.25, 0.3) is 10.2 Å². The van der Waals surface area contributed by atoms with E-state index < -0.39 is 24.3 Å². The van der Waals surface area contributed by atoms with Crippen LogP contribution < -0.4 is 9.64 Å². The number of anilines is 1. The molecule has 1 aliphatic rings. The van der Waals surface area contributed by atoms with Gasteiger partial charge in [0.05, 0.1) is 41.3 Å². The summed E-state index contributed by atoms with van der Waals surface area (Å²) in [6.45, 7) is -0.280. The number of thiazole rings is 1. The van der Waals surface area contributed by atoms with Crippen molar-refractivity contribution in [1.82, 2.24) is 9.88 Å². The van der Waals surface area contributed by atoms with Crippen LogP contribution in [0.4, 0.5) is 5.13 Å². The van der Waals surface area contributed by atoms with Gasteiger partial charge in [0, 0.05) is 0 Å². The molecule has 0 saturated carbocycles. The Hall–Kier alpha value is -3.98. The number of fused-ring (bicyclic) bond motifs is 2. The van der Waals surface area contributed by atoms with E-state index in [1.807, 2.05) is 12.1 Å². The number of hydrogen-bond acceptors (Lipinski definition) is 7. The molecule has 0 unspecified atom stereocenters. The van der Waals surface area contributed by atoms with Gasteiger partial charge in [0.2, 0.25) is 5.91 Å². The maximum Gasteiger partial charge on any atom is 0.262 e. The van der Waals surface area contributed by atoms with Crippen molar-refractivity contribution in [2.24, 2.45) is 0 Å². The topological polar surface area (TPSA) is 92.9 Å². The normalized spacial score (nSPS) is 13.0. The zero-order valence-corrected chi connectivity index (χ0v) is 17.8. The molecule has 0 saturated heterocycles. The maximum absolute atomic E-state index is 13.3. The summed E-state index contributed by atoms with van der Waals surface area (Å²) >= 11 is 1.32. The van der Waals surface area contributed by atoms with Gasteiger partial charge in [-0.25, -0.2) is 4.98 Å². The van der Waals surface area contributed by atoms with Crippen molar-refractivity contribution in [3.63, 3.8) is 0 Å². The standard InChI is InChI=1S/C23H17N3O5S/c1-30-14-8-9-18-19(11-14)32-23(24-18)25(12-15-5-4-10-31-15)20(27)13-26-21(28)16-6-2-3-7-17(16)22(26)29/h2-11H,12-13H2,1H3. The highest BCUT2D eigenvalue weighted by atomic mass is 32.1. The number of carbonyl (C=O) groups is 3. The van der Waals surface area contributed by atoms with Gasteiger partial charge < -0.3 is 9.15 Å². The number of methoxy groups -OCH3 is 1. The molecule has 9 heteroatoms. The second kappa shape index (κ2) is 7.93. The molecule has 0 N–H and O–H groups in total. The van der Waals surface area contributed by atoms with E-state index in [1.165, 1.54) is 22.5 Å². The van der Waals surface area contributed by atoms with Gasteiger partial charge in [-0.2, -0.15) is 0 Å². The number of furan rings is 1. The van der Waals surface area contributed by atoms with Gasteiger partial charge >= 0.3 is 0 Å². The highest BCUT2D eigenvalue weighted by molar-refractivity contribution is 7.22. The summed E-state index contributed by atoms with van der Waals surface area (Å²) in [5, 5.41) is 0.436. The molecular weight excluding hydrogens is 430 g/mol. The molecule has 2 aromatic carbocycles. The molecule has 3 heterocycles. The van der Waals surface area contributed by atoms with Crippen LogP contribution in [0.3, 0.4) is 0 Å². The number of ether oxygens (including phenoxy) is 1. The Labute approximate surface area is 186 Å². The molecule has 0 radical (unpaired) electrons. The van der Waals surface area contributed by atoms with Gasteiger partial charge in [-0.1, -0.05) is 23.5 Å². The Balaban J connectivity index is 1.47. The molecule has 8 nitrogen and oxygen atoms in total. The van der Waals surface area contributed by atoms with Crippen LogP contribution >= 0.6 is 11.3 Å². The molecule has 32 heavy (non-hydrogen) atoms. The molecule has 1 aliphatic heterocycles. The molecule has 0 fully saturated rings. The molecular formula is C23H17N3O5S. The van der Waals surface area contributed by atoms with Crippen molar-refractivity contribution in [2.45, 2.75) is 6.54 Å². The fourth-order valence-electron chi connectivity index (χ4n) is 3.56. The fraction of sp³-hybridized carbons (Fsp3) is 0.130. The minimum atomic E-state index is -0.481. The molecule has 0 aliphatic carbocycles. The number of imide groups is 1. The molecule has 0 spiro atoms. The molecule has 2 aromatic heterocycles. The summed E-state index contributed by atoms with van der Waals surface area (Å²) in [4.78, 5) is 45.8. The first-order chi connectivity index (χ1) is 15.5. The Morgan fingerprint density at radius 3 is 2.50 bits per heavy atom. The maximum atomic E-state index is 13.3. The van der Waals surface area contributed by atoms with Gasteiger partial charge in [0.1, 0.15) is 18.1 Å². The second-order valence-corrected chi connectivity index (χ2v) is 8.14. The lowest BCUT2D eigenvalue weighted by Crippen LogP contribution is -2.42. The predicted molar refractivity (Wildman–Crippen MR) is 118 cm³/mol. The minimum Gasteiger partial charge on any atom is -0.497 e. The van der Waals surface area contributed by atoms with Crippen LogP contribution in [0, 0.1) is 0 Å². The van der Waals surface area contributed by atoms with E-state index in [9.17, 15) is 14.4 Å². The van der Waals surface area contributed by atoms with Gasteiger partial charge in [0.15, 0.2) is 5.13 Å². The number of rotatable bonds is 6. The molecule has 4 aromatic rings. The monoisotopic (exact) mass is 447 g/mol. The summed E-state index contributed by atoms with van der Waals surface area (Å²) in [6, 6.07) is 15.5. The van der Waals surface area contributed by atoms with Crippen LogP contribution in [0.2, 0.25) is 0 Å². The number of amides is 3. The van der Waals surface area contributed by atoms with E-state index in [1.54, 1.807) is 49.6 Å². The van der Waals surface area contributed by atoms with Gasteiger partial charge in [-0.15, -0.1) is 0 Å². The first kappa shape index (κ1) is 20.0. The van der Waals surface area contributed by atoms with E-state index in [0.29, 0.717) is 33.3 Å². The van der Waals surface area contributed by atoms with E-state index >= 15 is 0 Å².